The van der Waals surface area contributed by atoms with Gasteiger partial charge in [-0.15, -0.1) is 0 Å². The number of aliphatic carboxylic acids is 1. The molecule has 5 saturated heterocycles. The van der Waals surface area contributed by atoms with Gasteiger partial charge in [0, 0.05) is 71.2 Å². The summed E-state index contributed by atoms with van der Waals surface area (Å²) in [6, 6.07) is -2.67. The molecule has 5 rings (SSSR count). The number of hydrogen-bond acceptors (Lipinski definition) is 24. The molecule has 0 aromatic carbocycles. The molecule has 5 fully saturated rings. The van der Waals surface area contributed by atoms with E-state index in [4.69, 9.17) is 37.9 Å². The molecule has 5 heterocycles. The maximum absolute atomic E-state index is 13.1. The van der Waals surface area contributed by atoms with Crippen LogP contribution >= 0.6 is 11.8 Å². The Balaban J connectivity index is 1.06. The van der Waals surface area contributed by atoms with Crippen LogP contribution in [0.2, 0.25) is 0 Å². The van der Waals surface area contributed by atoms with Crippen molar-refractivity contribution in [1.82, 2.24) is 31.9 Å². The second-order valence-corrected chi connectivity index (χ2v) is 22.0. The number of thioether (sulfide) groups is 1. The van der Waals surface area contributed by atoms with Crippen LogP contribution < -0.4 is 31.9 Å². The standard InChI is InChI=1S/C50H82N6O24S/c1-24(58)53-37-30(76-27(4)61)19-50(48(70)71,80-45(37)39(65)29(62)21-74-26(3)60)75-22-32-40(66)42(68)43(69)47(78-32)79-44-31(20-57)77-46(38(41(44)67)54-25(2)59)73-18-12-6-11-17-52-34(63)14-7-5-10-16-51-35(64)15-9-8-13-33-36-28(23-81-33)55-49(72)56-36/h28-33,36-47,57,62,65-69H,5-23H2,1-4H3,(H,51,64)(H,52,63)(H,53,58)(H,54,59)(H,70,71)(H2,55,56,72)/t28-,29+,30-,31+,32+,33-,36-,37+,38+,39+,40-,41+,42-,43+,44+,45+,46+,47-,50+/m0/s1. The molecular weight excluding hydrogens is 1100 g/mol. The summed E-state index contributed by atoms with van der Waals surface area (Å²) >= 11 is 1.85. The largest absolute Gasteiger partial charge is 0.477 e. The number of aliphatic hydroxyl groups excluding tert-OH is 7. The molecule has 30 nitrogen and oxygen atoms in total. The lowest BCUT2D eigenvalue weighted by molar-refractivity contribution is -0.360. The van der Waals surface area contributed by atoms with Crippen molar-refractivity contribution in [3.8, 4) is 0 Å². The van der Waals surface area contributed by atoms with Crippen molar-refractivity contribution < 1.29 is 117 Å². The normalized spacial score (nSPS) is 33.4. The summed E-state index contributed by atoms with van der Waals surface area (Å²) in [5.74, 6) is -7.30. The van der Waals surface area contributed by atoms with E-state index in [9.17, 15) is 79.2 Å². The summed E-state index contributed by atoms with van der Waals surface area (Å²) in [6.45, 7) is 2.45. The predicted octanol–water partition coefficient (Wildman–Crippen LogP) is -4.22. The highest BCUT2D eigenvalue weighted by molar-refractivity contribution is 8.00. The minimum Gasteiger partial charge on any atom is -0.477 e. The number of rotatable bonds is 32. The van der Waals surface area contributed by atoms with Crippen LogP contribution in [0.1, 0.15) is 105 Å². The van der Waals surface area contributed by atoms with E-state index in [2.05, 4.69) is 31.9 Å². The van der Waals surface area contributed by atoms with Gasteiger partial charge in [-0.05, 0) is 44.9 Å². The van der Waals surface area contributed by atoms with Gasteiger partial charge in [-0.2, -0.15) is 11.8 Å². The van der Waals surface area contributed by atoms with Crippen molar-refractivity contribution in [3.05, 3.63) is 0 Å². The molecule has 5 aliphatic rings. The number of carboxylic acid groups (broad SMARTS) is 1. The number of nitrogens with one attached hydrogen (secondary N) is 6. The highest BCUT2D eigenvalue weighted by atomic mass is 32.2. The number of hydrogen-bond donors (Lipinski definition) is 14. The second kappa shape index (κ2) is 32.4. The minimum absolute atomic E-state index is 0.00128. The van der Waals surface area contributed by atoms with Crippen LogP contribution in [0.25, 0.3) is 0 Å². The number of unbranched alkanes of at least 4 members (excludes halogenated alkanes) is 5. The van der Waals surface area contributed by atoms with Crippen molar-refractivity contribution in [2.75, 3.05) is 45.3 Å². The van der Waals surface area contributed by atoms with Gasteiger partial charge < -0.3 is 111 Å². The highest BCUT2D eigenvalue weighted by Gasteiger charge is 2.59. The van der Waals surface area contributed by atoms with Gasteiger partial charge in [0.05, 0.1) is 37.8 Å². The van der Waals surface area contributed by atoms with Crippen LogP contribution in [-0.2, 0) is 71.5 Å². The van der Waals surface area contributed by atoms with E-state index in [0.29, 0.717) is 56.9 Å². The maximum Gasteiger partial charge on any atom is 0.364 e. The van der Waals surface area contributed by atoms with Gasteiger partial charge >= 0.3 is 23.9 Å². The number of urea groups is 1. The topological polar surface area (TPSA) is 444 Å². The first kappa shape index (κ1) is 67.2. The van der Waals surface area contributed by atoms with E-state index in [1.165, 1.54) is 0 Å². The average Bonchev–Trinajstić information content (AvgIpc) is 4.15. The first-order valence-corrected chi connectivity index (χ1v) is 28.4. The van der Waals surface area contributed by atoms with Gasteiger partial charge in [-0.3, -0.25) is 28.8 Å². The molecule has 14 N–H and O–H groups in total. The molecule has 462 valence electrons. The number of amides is 6. The third-order valence-corrected chi connectivity index (χ3v) is 15.8. The van der Waals surface area contributed by atoms with Crippen LogP contribution in [-0.4, -0.2) is 249 Å². The van der Waals surface area contributed by atoms with Crippen LogP contribution in [0, 0.1) is 0 Å². The summed E-state index contributed by atoms with van der Waals surface area (Å²) in [4.78, 5) is 97.7. The smallest absolute Gasteiger partial charge is 0.364 e. The van der Waals surface area contributed by atoms with E-state index in [1.807, 2.05) is 11.8 Å². The summed E-state index contributed by atoms with van der Waals surface area (Å²) in [7, 11) is 0. The van der Waals surface area contributed by atoms with Crippen molar-refractivity contribution in [1.29, 1.82) is 0 Å². The molecule has 0 unspecified atom stereocenters. The first-order valence-electron chi connectivity index (χ1n) is 27.3. The Kier molecular flexibility index (Phi) is 26.9. The molecule has 31 heteroatoms. The zero-order chi connectivity index (χ0) is 59.6. The van der Waals surface area contributed by atoms with Crippen molar-refractivity contribution in [2.24, 2.45) is 0 Å². The van der Waals surface area contributed by atoms with Gasteiger partial charge in [0.2, 0.25) is 23.6 Å². The van der Waals surface area contributed by atoms with Crippen molar-refractivity contribution >= 4 is 59.3 Å². The van der Waals surface area contributed by atoms with Gasteiger partial charge in [0.25, 0.3) is 5.79 Å². The molecule has 0 bridgehead atoms. The molecule has 0 saturated carbocycles. The lowest BCUT2D eigenvalue weighted by Gasteiger charge is -2.49. The van der Waals surface area contributed by atoms with E-state index in [0.717, 1.165) is 65.6 Å². The Labute approximate surface area is 472 Å². The molecule has 0 aromatic rings. The predicted molar refractivity (Wildman–Crippen MR) is 277 cm³/mol. The van der Waals surface area contributed by atoms with Crippen LogP contribution in [0.5, 0.6) is 0 Å². The van der Waals surface area contributed by atoms with E-state index in [1.54, 1.807) is 0 Å². The Morgan fingerprint density at radius 3 is 2.00 bits per heavy atom. The lowest BCUT2D eigenvalue weighted by Crippen LogP contribution is -2.69. The molecule has 5 aliphatic heterocycles. The molecular formula is C50H82N6O24S. The Morgan fingerprint density at radius 1 is 0.753 bits per heavy atom. The van der Waals surface area contributed by atoms with Crippen molar-refractivity contribution in [2.45, 2.75) is 220 Å². The van der Waals surface area contributed by atoms with Crippen molar-refractivity contribution in [3.63, 3.8) is 0 Å². The number of ether oxygens (including phenoxy) is 8. The molecule has 0 radical (unpaired) electrons. The molecule has 0 aliphatic carbocycles. The zero-order valence-electron chi connectivity index (χ0n) is 45.8. The summed E-state index contributed by atoms with van der Waals surface area (Å²) in [6.07, 6.45) is -17.7. The fraction of sp³-hybridized carbons (Fsp3) is 0.840. The Morgan fingerprint density at radius 2 is 1.38 bits per heavy atom. The van der Waals surface area contributed by atoms with Crippen LogP contribution in [0.15, 0.2) is 0 Å². The number of esters is 2. The third kappa shape index (κ3) is 19.7. The third-order valence-electron chi connectivity index (χ3n) is 14.3. The number of aliphatic hydroxyl groups is 7. The molecule has 19 atom stereocenters. The average molecular weight is 1180 g/mol. The van der Waals surface area contributed by atoms with Crippen LogP contribution in [0.4, 0.5) is 4.79 Å². The quantitative estimate of drug-likeness (QED) is 0.0172. The van der Waals surface area contributed by atoms with Gasteiger partial charge in [0.1, 0.15) is 79.8 Å². The van der Waals surface area contributed by atoms with Gasteiger partial charge in [-0.1, -0.05) is 12.8 Å². The number of carboxylic acids is 1. The van der Waals surface area contributed by atoms with Crippen LogP contribution in [0.3, 0.4) is 0 Å². The fourth-order valence-corrected chi connectivity index (χ4v) is 11.7. The first-order chi connectivity index (χ1) is 38.4. The molecule has 0 spiro atoms. The number of carbonyl (C=O) groups is 8. The maximum atomic E-state index is 13.1. The van der Waals surface area contributed by atoms with E-state index < -0.39 is 154 Å². The minimum atomic E-state index is -2.95. The second-order valence-electron chi connectivity index (χ2n) is 20.8. The SMILES string of the molecule is CC(=O)N[C@H]1[C@H](OCCCCCNC(=O)CCCCCNC(=O)CCCC[C@@H]2SC[C@@H]3NC(=O)N[C@@H]32)O[C@H](CO)[C@@H](O[C@@H]2O[C@H](CO[C@]3(C(=O)O)C[C@H](OC(C)=O)[C@@H](NC(C)=O)[C@H]([C@H](O)[C@H](O)COC(C)=O)O3)[C@H](O)[C@H](O)[C@H]2O)[C@@H]1O. The molecule has 6 amide bonds. The molecule has 0 aromatic heterocycles. The van der Waals surface area contributed by atoms with E-state index in [-0.39, 0.29) is 36.5 Å². The zero-order valence-corrected chi connectivity index (χ0v) is 46.7. The summed E-state index contributed by atoms with van der Waals surface area (Å²) in [5.41, 5.74) is 0. The van der Waals surface area contributed by atoms with Gasteiger partial charge in [0.15, 0.2) is 12.6 Å². The van der Waals surface area contributed by atoms with E-state index >= 15 is 0 Å². The van der Waals surface area contributed by atoms with Gasteiger partial charge in [-0.25, -0.2) is 9.59 Å². The Bertz CT molecular complexity index is 2100. The molecule has 81 heavy (non-hydrogen) atoms. The number of carbonyl (C=O) groups excluding carboxylic acids is 7. The fourth-order valence-electron chi connectivity index (χ4n) is 10.2. The monoisotopic (exact) mass is 1180 g/mol. The number of fused-ring (bicyclic) bond motifs is 1. The lowest BCUT2D eigenvalue weighted by atomic mass is 9.88. The Hall–Kier alpha value is -4.61. The highest BCUT2D eigenvalue weighted by Crippen LogP contribution is 2.38. The summed E-state index contributed by atoms with van der Waals surface area (Å²) < 4.78 is 45.1. The summed E-state index contributed by atoms with van der Waals surface area (Å²) in [5, 5.41) is 105.